The Morgan fingerprint density at radius 1 is 1.09 bits per heavy atom. The van der Waals surface area contributed by atoms with Gasteiger partial charge in [0.15, 0.2) is 0 Å². The van der Waals surface area contributed by atoms with Crippen LogP contribution >= 0.6 is 12.4 Å². The van der Waals surface area contributed by atoms with Crippen LogP contribution in [0.25, 0.3) is 0 Å². The Hall–Kier alpha value is -0.280. The van der Waals surface area contributed by atoms with Crippen molar-refractivity contribution < 1.29 is 4.79 Å². The van der Waals surface area contributed by atoms with E-state index in [1.165, 1.54) is 32.1 Å². The molecule has 130 valence electrons. The normalized spacial score (nSPS) is 29.0. The Bertz CT molecular complexity index is 326. The fraction of sp³-hybridized carbons (Fsp3) is 0.944. The van der Waals surface area contributed by atoms with E-state index in [0.29, 0.717) is 17.8 Å². The van der Waals surface area contributed by atoms with Gasteiger partial charge in [-0.05, 0) is 74.8 Å². The zero-order valence-corrected chi connectivity index (χ0v) is 15.4. The maximum atomic E-state index is 11.9. The van der Waals surface area contributed by atoms with Gasteiger partial charge < -0.3 is 10.6 Å². The van der Waals surface area contributed by atoms with Crippen LogP contribution in [0.5, 0.6) is 0 Å². The molecule has 0 aromatic carbocycles. The van der Waals surface area contributed by atoms with Gasteiger partial charge in [0.05, 0.1) is 0 Å². The van der Waals surface area contributed by atoms with Gasteiger partial charge in [0.25, 0.3) is 0 Å². The lowest BCUT2D eigenvalue weighted by molar-refractivity contribution is -0.121. The zero-order valence-electron chi connectivity index (χ0n) is 14.6. The van der Waals surface area contributed by atoms with Gasteiger partial charge in [-0.1, -0.05) is 20.8 Å². The van der Waals surface area contributed by atoms with Crippen molar-refractivity contribution in [2.24, 2.45) is 23.2 Å². The van der Waals surface area contributed by atoms with Crippen molar-refractivity contribution in [3.63, 3.8) is 0 Å². The Balaban J connectivity index is 0.00000242. The van der Waals surface area contributed by atoms with Gasteiger partial charge in [-0.25, -0.2) is 0 Å². The molecule has 2 rings (SSSR count). The summed E-state index contributed by atoms with van der Waals surface area (Å²) in [5.74, 6) is 2.55. The minimum atomic E-state index is 0. The minimum absolute atomic E-state index is 0. The van der Waals surface area contributed by atoms with Gasteiger partial charge in [0.2, 0.25) is 5.91 Å². The van der Waals surface area contributed by atoms with E-state index in [2.05, 4.69) is 31.4 Å². The number of hydrogen-bond acceptors (Lipinski definition) is 2. The number of hydrogen-bond donors (Lipinski definition) is 2. The second-order valence-electron chi connectivity index (χ2n) is 8.29. The van der Waals surface area contributed by atoms with E-state index in [1.54, 1.807) is 0 Å². The van der Waals surface area contributed by atoms with Crippen LogP contribution in [-0.4, -0.2) is 25.5 Å². The number of amides is 1. The smallest absolute Gasteiger partial charge is 0.220 e. The van der Waals surface area contributed by atoms with Gasteiger partial charge in [0.1, 0.15) is 0 Å². The average Bonchev–Trinajstić information content (AvgIpc) is 2.95. The monoisotopic (exact) mass is 330 g/mol. The standard InChI is InChI=1S/C18H34N2O.ClH/c1-18(2,3)16-7-4-14(5-8-16)13-20-17(21)9-6-15-10-11-19-12-15;/h14-16,19H,4-13H2,1-3H3,(H,20,21);1H. The molecule has 0 bridgehead atoms. The molecule has 1 unspecified atom stereocenters. The maximum Gasteiger partial charge on any atom is 0.220 e. The molecule has 22 heavy (non-hydrogen) atoms. The molecule has 1 aliphatic heterocycles. The first kappa shape index (κ1) is 19.8. The molecular formula is C18H35ClN2O. The highest BCUT2D eigenvalue weighted by Gasteiger charge is 2.29. The van der Waals surface area contributed by atoms with E-state index < -0.39 is 0 Å². The summed E-state index contributed by atoms with van der Waals surface area (Å²) in [7, 11) is 0. The zero-order chi connectivity index (χ0) is 15.3. The third-order valence-electron chi connectivity index (χ3n) is 5.60. The summed E-state index contributed by atoms with van der Waals surface area (Å²) in [6.45, 7) is 10.2. The number of nitrogens with one attached hydrogen (secondary N) is 2. The summed E-state index contributed by atoms with van der Waals surface area (Å²) < 4.78 is 0. The molecule has 4 heteroatoms. The van der Waals surface area contributed by atoms with Crippen molar-refractivity contribution in [2.75, 3.05) is 19.6 Å². The van der Waals surface area contributed by atoms with Crippen molar-refractivity contribution in [2.45, 2.75) is 65.7 Å². The summed E-state index contributed by atoms with van der Waals surface area (Å²) in [5.41, 5.74) is 0.448. The number of halogens is 1. The molecule has 1 heterocycles. The first-order valence-electron chi connectivity index (χ1n) is 8.92. The van der Waals surface area contributed by atoms with Gasteiger partial charge in [-0.3, -0.25) is 4.79 Å². The summed E-state index contributed by atoms with van der Waals surface area (Å²) in [5, 5.41) is 6.53. The van der Waals surface area contributed by atoms with Crippen LogP contribution in [0.1, 0.15) is 65.7 Å². The van der Waals surface area contributed by atoms with Gasteiger partial charge in [0, 0.05) is 13.0 Å². The Kier molecular flexibility index (Phi) is 8.20. The van der Waals surface area contributed by atoms with Crippen LogP contribution in [0.2, 0.25) is 0 Å². The van der Waals surface area contributed by atoms with Crippen molar-refractivity contribution >= 4 is 18.3 Å². The summed E-state index contributed by atoms with van der Waals surface area (Å²) in [6, 6.07) is 0. The largest absolute Gasteiger partial charge is 0.356 e. The van der Waals surface area contributed by atoms with Gasteiger partial charge in [-0.15, -0.1) is 12.4 Å². The molecule has 1 aliphatic carbocycles. The topological polar surface area (TPSA) is 41.1 Å². The summed E-state index contributed by atoms with van der Waals surface area (Å²) in [6.07, 6.45) is 8.24. The lowest BCUT2D eigenvalue weighted by Gasteiger charge is -2.37. The van der Waals surface area contributed by atoms with Crippen molar-refractivity contribution in [1.29, 1.82) is 0 Å². The molecule has 2 fully saturated rings. The van der Waals surface area contributed by atoms with E-state index in [1.807, 2.05) is 0 Å². The molecule has 0 aromatic rings. The maximum absolute atomic E-state index is 11.9. The van der Waals surface area contributed by atoms with Crippen LogP contribution in [0.4, 0.5) is 0 Å². The molecule has 2 aliphatic rings. The second kappa shape index (κ2) is 9.12. The highest BCUT2D eigenvalue weighted by Crippen LogP contribution is 2.39. The summed E-state index contributed by atoms with van der Waals surface area (Å²) in [4.78, 5) is 11.9. The molecule has 1 amide bonds. The van der Waals surface area contributed by atoms with Crippen LogP contribution in [0, 0.1) is 23.2 Å². The molecule has 3 nitrogen and oxygen atoms in total. The molecule has 0 radical (unpaired) electrons. The van der Waals surface area contributed by atoms with Gasteiger partial charge >= 0.3 is 0 Å². The molecule has 1 saturated carbocycles. The van der Waals surface area contributed by atoms with E-state index in [4.69, 9.17) is 0 Å². The number of carbonyl (C=O) groups is 1. The Morgan fingerprint density at radius 2 is 1.77 bits per heavy atom. The first-order valence-corrected chi connectivity index (χ1v) is 8.92. The average molecular weight is 331 g/mol. The summed E-state index contributed by atoms with van der Waals surface area (Å²) >= 11 is 0. The Labute approximate surface area is 142 Å². The highest BCUT2D eigenvalue weighted by molar-refractivity contribution is 5.85. The van der Waals surface area contributed by atoms with E-state index in [9.17, 15) is 4.79 Å². The van der Waals surface area contributed by atoms with Crippen LogP contribution in [0.15, 0.2) is 0 Å². The molecular weight excluding hydrogens is 296 g/mol. The first-order chi connectivity index (χ1) is 9.95. The molecule has 1 saturated heterocycles. The van der Waals surface area contributed by atoms with E-state index in [-0.39, 0.29) is 18.3 Å². The number of rotatable bonds is 5. The molecule has 0 aromatic heterocycles. The SMILES string of the molecule is CC(C)(C)C1CCC(CNC(=O)CCC2CCNC2)CC1.Cl. The fourth-order valence-electron chi connectivity index (χ4n) is 3.88. The fourth-order valence-corrected chi connectivity index (χ4v) is 3.88. The minimum Gasteiger partial charge on any atom is -0.356 e. The lowest BCUT2D eigenvalue weighted by atomic mass is 9.70. The van der Waals surface area contributed by atoms with Crippen LogP contribution in [0.3, 0.4) is 0 Å². The lowest BCUT2D eigenvalue weighted by Crippen LogP contribution is -2.33. The highest BCUT2D eigenvalue weighted by atomic mass is 35.5. The van der Waals surface area contributed by atoms with Crippen molar-refractivity contribution in [1.82, 2.24) is 10.6 Å². The van der Waals surface area contributed by atoms with Gasteiger partial charge in [-0.2, -0.15) is 0 Å². The molecule has 1 atom stereocenters. The van der Waals surface area contributed by atoms with Crippen molar-refractivity contribution in [3.05, 3.63) is 0 Å². The molecule has 2 N–H and O–H groups in total. The quantitative estimate of drug-likeness (QED) is 0.805. The predicted molar refractivity (Wildman–Crippen MR) is 95.4 cm³/mol. The van der Waals surface area contributed by atoms with E-state index in [0.717, 1.165) is 37.9 Å². The molecule has 0 spiro atoms. The van der Waals surface area contributed by atoms with E-state index >= 15 is 0 Å². The Morgan fingerprint density at radius 3 is 2.32 bits per heavy atom. The third kappa shape index (κ3) is 6.45. The van der Waals surface area contributed by atoms with Crippen LogP contribution < -0.4 is 10.6 Å². The number of carbonyl (C=O) groups excluding carboxylic acids is 1. The van der Waals surface area contributed by atoms with Crippen LogP contribution in [-0.2, 0) is 4.79 Å². The predicted octanol–water partition coefficient (Wildman–Crippen LogP) is 3.77. The third-order valence-corrected chi connectivity index (χ3v) is 5.60. The van der Waals surface area contributed by atoms with Crippen molar-refractivity contribution in [3.8, 4) is 0 Å². The second-order valence-corrected chi connectivity index (χ2v) is 8.29.